The molecule has 1 N–H and O–H groups in total. The fraction of sp³-hybridized carbons (Fsp3) is 0.150. The van der Waals surface area contributed by atoms with E-state index in [1.807, 2.05) is 24.3 Å². The minimum Gasteiger partial charge on any atom is -0.266 e. The van der Waals surface area contributed by atoms with Gasteiger partial charge in [0.1, 0.15) is 11.3 Å². The highest BCUT2D eigenvalue weighted by atomic mass is 35.5. The average Bonchev–Trinajstić information content (AvgIpc) is 3.15. The number of aromatic nitrogens is 4. The summed E-state index contributed by atoms with van der Waals surface area (Å²) in [6, 6.07) is 14.1. The summed E-state index contributed by atoms with van der Waals surface area (Å²) in [6.45, 7) is 2.10. The van der Waals surface area contributed by atoms with Crippen LogP contribution in [-0.2, 0) is 12.2 Å². The van der Waals surface area contributed by atoms with Gasteiger partial charge in [-0.1, -0.05) is 60.6 Å². The average molecular weight is 415 g/mol. The van der Waals surface area contributed by atoms with E-state index in [-0.39, 0.29) is 11.4 Å². The minimum atomic E-state index is -0.380. The molecule has 4 rings (SSSR count). The van der Waals surface area contributed by atoms with Crippen LogP contribution in [-0.4, -0.2) is 19.8 Å². The third-order valence-electron chi connectivity index (χ3n) is 4.41. The van der Waals surface area contributed by atoms with Gasteiger partial charge >= 0.3 is 0 Å². The van der Waals surface area contributed by atoms with Crippen molar-refractivity contribution in [2.75, 3.05) is 0 Å². The van der Waals surface area contributed by atoms with Gasteiger partial charge in [-0.05, 0) is 35.7 Å². The Morgan fingerprint density at radius 2 is 1.96 bits per heavy atom. The summed E-state index contributed by atoms with van der Waals surface area (Å²) < 4.78 is 14.7. The third kappa shape index (κ3) is 3.68. The van der Waals surface area contributed by atoms with Crippen LogP contribution in [0.15, 0.2) is 58.5 Å². The van der Waals surface area contributed by atoms with Crippen molar-refractivity contribution < 1.29 is 4.39 Å². The van der Waals surface area contributed by atoms with Crippen LogP contribution in [0.3, 0.4) is 0 Å². The zero-order valence-electron chi connectivity index (χ0n) is 14.9. The van der Waals surface area contributed by atoms with E-state index in [1.165, 1.54) is 34.0 Å². The summed E-state index contributed by atoms with van der Waals surface area (Å²) in [5, 5.41) is 12.1. The van der Waals surface area contributed by atoms with Crippen molar-refractivity contribution in [3.8, 4) is 11.3 Å². The molecule has 0 aliphatic rings. The predicted molar refractivity (Wildman–Crippen MR) is 109 cm³/mol. The molecule has 0 saturated carbocycles. The van der Waals surface area contributed by atoms with Gasteiger partial charge in [0.05, 0.1) is 5.69 Å². The van der Waals surface area contributed by atoms with Gasteiger partial charge in [-0.15, -0.1) is 5.10 Å². The zero-order chi connectivity index (χ0) is 19.7. The molecule has 0 unspecified atom stereocenters. The molecule has 0 bridgehead atoms. The maximum absolute atomic E-state index is 13.2. The van der Waals surface area contributed by atoms with Crippen molar-refractivity contribution in [2.45, 2.75) is 24.3 Å². The first-order chi connectivity index (χ1) is 13.5. The quantitative estimate of drug-likeness (QED) is 0.479. The number of hydrogen-bond donors (Lipinski definition) is 1. The molecule has 2 aromatic heterocycles. The minimum absolute atomic E-state index is 0.312. The van der Waals surface area contributed by atoms with Gasteiger partial charge in [0.2, 0.25) is 5.16 Å². The summed E-state index contributed by atoms with van der Waals surface area (Å²) in [7, 11) is 0. The lowest BCUT2D eigenvalue weighted by Crippen LogP contribution is -2.13. The predicted octanol–water partition coefficient (Wildman–Crippen LogP) is 4.73. The van der Waals surface area contributed by atoms with Crippen LogP contribution in [0.1, 0.15) is 18.1 Å². The number of aryl methyl sites for hydroxylation is 1. The Kier molecular flexibility index (Phi) is 5.19. The highest BCUT2D eigenvalue weighted by Gasteiger charge is 2.13. The summed E-state index contributed by atoms with van der Waals surface area (Å²) in [5.74, 6) is 0.0855. The second-order valence-electron chi connectivity index (χ2n) is 6.24. The molecule has 0 amide bonds. The molecular formula is C20H16ClFN4OS. The lowest BCUT2D eigenvalue weighted by molar-refractivity contribution is 0.627. The van der Waals surface area contributed by atoms with Gasteiger partial charge in [0, 0.05) is 16.3 Å². The molecule has 8 heteroatoms. The molecule has 142 valence electrons. The normalized spacial score (nSPS) is 11.2. The van der Waals surface area contributed by atoms with Crippen molar-refractivity contribution in [1.29, 1.82) is 0 Å². The Balaban J connectivity index is 1.68. The van der Waals surface area contributed by atoms with E-state index in [9.17, 15) is 9.18 Å². The van der Waals surface area contributed by atoms with Gasteiger partial charge < -0.3 is 0 Å². The summed E-state index contributed by atoms with van der Waals surface area (Å²) in [6.07, 6.45) is 0.960. The molecule has 0 saturated heterocycles. The number of nitrogens with zero attached hydrogens (tertiary/aromatic N) is 3. The summed E-state index contributed by atoms with van der Waals surface area (Å²) in [5.41, 5.74) is 3.74. The van der Waals surface area contributed by atoms with E-state index in [1.54, 1.807) is 12.1 Å². The molecule has 0 atom stereocenters. The summed E-state index contributed by atoms with van der Waals surface area (Å²) in [4.78, 5) is 12.2. The molecule has 4 aromatic rings. The molecule has 0 fully saturated rings. The van der Waals surface area contributed by atoms with Crippen molar-refractivity contribution in [3.05, 3.63) is 80.9 Å². The van der Waals surface area contributed by atoms with Crippen LogP contribution in [0.25, 0.3) is 16.8 Å². The Bertz CT molecular complexity index is 1200. The van der Waals surface area contributed by atoms with E-state index < -0.39 is 0 Å². The van der Waals surface area contributed by atoms with Crippen LogP contribution in [0.2, 0.25) is 5.02 Å². The molecule has 28 heavy (non-hydrogen) atoms. The highest BCUT2D eigenvalue weighted by molar-refractivity contribution is 7.98. The van der Waals surface area contributed by atoms with Crippen molar-refractivity contribution in [2.24, 2.45) is 0 Å². The Morgan fingerprint density at radius 1 is 1.18 bits per heavy atom. The SMILES string of the molecule is CCc1ccc(-c2cc3c(=O)[nH]nc(SCc4ccc(F)cc4Cl)n3n2)cc1. The molecule has 0 aliphatic heterocycles. The molecule has 0 radical (unpaired) electrons. The van der Waals surface area contributed by atoms with Gasteiger partial charge in [-0.25, -0.2) is 14.0 Å². The number of aromatic amines is 1. The summed E-state index contributed by atoms with van der Waals surface area (Å²) >= 11 is 7.45. The van der Waals surface area contributed by atoms with Crippen LogP contribution < -0.4 is 5.56 Å². The molecule has 0 aliphatic carbocycles. The molecule has 5 nitrogen and oxygen atoms in total. The van der Waals surface area contributed by atoms with E-state index in [0.717, 1.165) is 17.5 Å². The lowest BCUT2D eigenvalue weighted by atomic mass is 10.1. The van der Waals surface area contributed by atoms with Gasteiger partial charge in [-0.2, -0.15) is 5.10 Å². The lowest BCUT2D eigenvalue weighted by Gasteiger charge is -2.05. The molecular weight excluding hydrogens is 399 g/mol. The number of thioether (sulfide) groups is 1. The number of H-pyrrole nitrogens is 1. The topological polar surface area (TPSA) is 63.0 Å². The first-order valence-electron chi connectivity index (χ1n) is 8.69. The standard InChI is InChI=1S/C20H16ClFN4OS/c1-2-12-3-5-13(6-4-12)17-10-18-19(27)23-24-20(26(18)25-17)28-11-14-7-8-15(22)9-16(14)21/h3-10H,2,11H2,1H3,(H,23,27). The van der Waals surface area contributed by atoms with Crippen molar-refractivity contribution in [1.82, 2.24) is 19.8 Å². The number of benzene rings is 2. The maximum Gasteiger partial charge on any atom is 0.290 e. The number of rotatable bonds is 5. The van der Waals surface area contributed by atoms with E-state index in [2.05, 4.69) is 22.2 Å². The molecule has 0 spiro atoms. The van der Waals surface area contributed by atoms with Crippen molar-refractivity contribution in [3.63, 3.8) is 0 Å². The first-order valence-corrected chi connectivity index (χ1v) is 10.1. The highest BCUT2D eigenvalue weighted by Crippen LogP contribution is 2.27. The van der Waals surface area contributed by atoms with E-state index in [0.29, 0.717) is 27.1 Å². The van der Waals surface area contributed by atoms with Gasteiger partial charge in [-0.3, -0.25) is 4.79 Å². The van der Waals surface area contributed by atoms with Gasteiger partial charge in [0.25, 0.3) is 5.56 Å². The number of hydrogen-bond acceptors (Lipinski definition) is 4. The Morgan fingerprint density at radius 3 is 2.68 bits per heavy atom. The van der Waals surface area contributed by atoms with E-state index in [4.69, 9.17) is 11.6 Å². The number of nitrogens with one attached hydrogen (secondary N) is 1. The van der Waals surface area contributed by atoms with Crippen molar-refractivity contribution >= 4 is 28.9 Å². The Labute approximate surface area is 169 Å². The zero-order valence-corrected chi connectivity index (χ0v) is 16.5. The van der Waals surface area contributed by atoms with E-state index >= 15 is 0 Å². The second-order valence-corrected chi connectivity index (χ2v) is 7.59. The number of halogens is 2. The first kappa shape index (κ1) is 18.7. The van der Waals surface area contributed by atoms with Crippen LogP contribution >= 0.6 is 23.4 Å². The monoisotopic (exact) mass is 414 g/mol. The third-order valence-corrected chi connectivity index (χ3v) is 5.74. The number of fused-ring (bicyclic) bond motifs is 1. The fourth-order valence-corrected chi connectivity index (χ4v) is 4.04. The maximum atomic E-state index is 13.2. The van der Waals surface area contributed by atoms with Crippen LogP contribution in [0, 0.1) is 5.82 Å². The van der Waals surface area contributed by atoms with Crippen LogP contribution in [0.4, 0.5) is 4.39 Å². The molecule has 2 aromatic carbocycles. The Hall–Kier alpha value is -2.64. The smallest absolute Gasteiger partial charge is 0.266 e. The fourth-order valence-electron chi connectivity index (χ4n) is 2.82. The largest absolute Gasteiger partial charge is 0.290 e. The van der Waals surface area contributed by atoms with Crippen LogP contribution in [0.5, 0.6) is 0 Å². The van der Waals surface area contributed by atoms with Gasteiger partial charge in [0.15, 0.2) is 0 Å². The second kappa shape index (κ2) is 7.77. The molecule has 2 heterocycles.